The van der Waals surface area contributed by atoms with Gasteiger partial charge in [0.25, 0.3) is 0 Å². The zero-order valence-corrected chi connectivity index (χ0v) is 12.1. The van der Waals surface area contributed by atoms with Crippen LogP contribution in [-0.2, 0) is 4.79 Å². The summed E-state index contributed by atoms with van der Waals surface area (Å²) in [7, 11) is 1.54. The van der Waals surface area contributed by atoms with Crippen molar-refractivity contribution in [1.29, 1.82) is 0 Å². The predicted molar refractivity (Wildman–Crippen MR) is 76.9 cm³/mol. The van der Waals surface area contributed by atoms with Gasteiger partial charge < -0.3 is 14.8 Å². The maximum absolute atomic E-state index is 11.3. The summed E-state index contributed by atoms with van der Waals surface area (Å²) >= 11 is 6.11. The van der Waals surface area contributed by atoms with E-state index in [4.69, 9.17) is 21.1 Å². The van der Waals surface area contributed by atoms with Gasteiger partial charge in [0.15, 0.2) is 11.5 Å². The third kappa shape index (κ3) is 4.48. The van der Waals surface area contributed by atoms with Crippen molar-refractivity contribution in [2.75, 3.05) is 20.3 Å². The zero-order valence-electron chi connectivity index (χ0n) is 11.3. The Morgan fingerprint density at radius 2 is 2.16 bits per heavy atom. The van der Waals surface area contributed by atoms with Gasteiger partial charge in [-0.05, 0) is 37.6 Å². The maximum Gasteiger partial charge on any atom is 0.243 e. The lowest BCUT2D eigenvalue weighted by Gasteiger charge is -2.11. The molecule has 1 rings (SSSR count). The molecule has 104 valence electrons. The van der Waals surface area contributed by atoms with Gasteiger partial charge in [0, 0.05) is 12.6 Å². The second kappa shape index (κ2) is 7.69. The van der Waals surface area contributed by atoms with Crippen LogP contribution in [0.2, 0.25) is 5.02 Å². The van der Waals surface area contributed by atoms with Gasteiger partial charge in [-0.1, -0.05) is 11.6 Å². The summed E-state index contributed by atoms with van der Waals surface area (Å²) < 4.78 is 10.6. The molecule has 0 atom stereocenters. The summed E-state index contributed by atoms with van der Waals surface area (Å²) in [6.45, 7) is 4.85. The molecule has 0 spiro atoms. The third-order valence-corrected chi connectivity index (χ3v) is 2.59. The lowest BCUT2D eigenvalue weighted by molar-refractivity contribution is -0.116. The molecular weight excluding hydrogens is 266 g/mol. The summed E-state index contributed by atoms with van der Waals surface area (Å²) in [5.41, 5.74) is 0.778. The first kappa shape index (κ1) is 15.4. The molecular formula is C14H18ClNO3. The molecule has 19 heavy (non-hydrogen) atoms. The van der Waals surface area contributed by atoms with E-state index in [1.54, 1.807) is 18.2 Å². The van der Waals surface area contributed by atoms with Crippen molar-refractivity contribution in [2.45, 2.75) is 13.8 Å². The Morgan fingerprint density at radius 3 is 2.74 bits per heavy atom. The van der Waals surface area contributed by atoms with Crippen LogP contribution >= 0.6 is 11.6 Å². The summed E-state index contributed by atoms with van der Waals surface area (Å²) in [6.07, 6.45) is 3.14. The van der Waals surface area contributed by atoms with Gasteiger partial charge in [-0.3, -0.25) is 4.79 Å². The van der Waals surface area contributed by atoms with Crippen LogP contribution in [0.5, 0.6) is 11.5 Å². The second-order valence-electron chi connectivity index (χ2n) is 3.70. The SMILES string of the molecule is CCNC(=O)/C=C/c1cc(Cl)c(OC)c(OCC)c1. The highest BCUT2D eigenvalue weighted by atomic mass is 35.5. The van der Waals surface area contributed by atoms with E-state index < -0.39 is 0 Å². The van der Waals surface area contributed by atoms with Crippen LogP contribution < -0.4 is 14.8 Å². The molecule has 0 heterocycles. The molecule has 0 radical (unpaired) electrons. The number of likely N-dealkylation sites (N-methyl/N-ethyl adjacent to an activating group) is 1. The molecule has 0 aliphatic heterocycles. The highest BCUT2D eigenvalue weighted by Gasteiger charge is 2.10. The minimum absolute atomic E-state index is 0.146. The van der Waals surface area contributed by atoms with E-state index in [1.165, 1.54) is 13.2 Å². The number of methoxy groups -OCH3 is 1. The molecule has 0 bridgehead atoms. The van der Waals surface area contributed by atoms with Gasteiger partial charge in [0.2, 0.25) is 5.91 Å². The second-order valence-corrected chi connectivity index (χ2v) is 4.10. The van der Waals surface area contributed by atoms with Crippen molar-refractivity contribution in [2.24, 2.45) is 0 Å². The topological polar surface area (TPSA) is 47.6 Å². The fraction of sp³-hybridized carbons (Fsp3) is 0.357. The van der Waals surface area contributed by atoms with Gasteiger partial charge in [-0.2, -0.15) is 0 Å². The number of rotatable bonds is 6. The van der Waals surface area contributed by atoms with E-state index in [0.717, 1.165) is 5.56 Å². The summed E-state index contributed by atoms with van der Waals surface area (Å²) in [5.74, 6) is 0.916. The Balaban J connectivity index is 3.00. The molecule has 4 nitrogen and oxygen atoms in total. The van der Waals surface area contributed by atoms with Gasteiger partial charge in [-0.25, -0.2) is 0 Å². The Labute approximate surface area is 118 Å². The number of benzene rings is 1. The molecule has 0 aliphatic rings. The summed E-state index contributed by atoms with van der Waals surface area (Å²) in [5, 5.41) is 3.13. The molecule has 0 unspecified atom stereocenters. The van der Waals surface area contributed by atoms with Crippen molar-refractivity contribution in [3.63, 3.8) is 0 Å². The van der Waals surface area contributed by atoms with Crippen LogP contribution in [0.4, 0.5) is 0 Å². The quantitative estimate of drug-likeness (QED) is 0.817. The van der Waals surface area contributed by atoms with E-state index >= 15 is 0 Å². The molecule has 1 amide bonds. The molecule has 1 N–H and O–H groups in total. The monoisotopic (exact) mass is 283 g/mol. The summed E-state index contributed by atoms with van der Waals surface area (Å²) in [6, 6.07) is 3.50. The number of hydrogen-bond acceptors (Lipinski definition) is 3. The molecule has 0 saturated heterocycles. The van der Waals surface area contributed by atoms with Crippen LogP contribution in [0, 0.1) is 0 Å². The predicted octanol–water partition coefficient (Wildman–Crippen LogP) is 2.90. The molecule has 1 aromatic rings. The normalized spacial score (nSPS) is 10.5. The van der Waals surface area contributed by atoms with E-state index in [0.29, 0.717) is 29.7 Å². The number of nitrogens with one attached hydrogen (secondary N) is 1. The number of hydrogen-bond donors (Lipinski definition) is 1. The molecule has 0 saturated carbocycles. The number of amides is 1. The number of carbonyl (C=O) groups excluding carboxylic acids is 1. The Morgan fingerprint density at radius 1 is 1.42 bits per heavy atom. The van der Waals surface area contributed by atoms with Crippen molar-refractivity contribution >= 4 is 23.6 Å². The summed E-state index contributed by atoms with van der Waals surface area (Å²) in [4.78, 5) is 11.3. The van der Waals surface area contributed by atoms with Crippen LogP contribution in [0.25, 0.3) is 6.08 Å². The average Bonchev–Trinajstić information content (AvgIpc) is 2.37. The third-order valence-electron chi connectivity index (χ3n) is 2.31. The van der Waals surface area contributed by atoms with Crippen molar-refractivity contribution in [1.82, 2.24) is 5.32 Å². The Bertz CT molecular complexity index is 472. The van der Waals surface area contributed by atoms with E-state index in [9.17, 15) is 4.79 Å². The fourth-order valence-corrected chi connectivity index (χ4v) is 1.85. The van der Waals surface area contributed by atoms with Crippen LogP contribution in [0.1, 0.15) is 19.4 Å². The largest absolute Gasteiger partial charge is 0.491 e. The smallest absolute Gasteiger partial charge is 0.243 e. The van der Waals surface area contributed by atoms with Gasteiger partial charge >= 0.3 is 0 Å². The first-order chi connectivity index (χ1) is 9.12. The molecule has 0 aliphatic carbocycles. The molecule has 0 fully saturated rings. The lowest BCUT2D eigenvalue weighted by Crippen LogP contribution is -2.19. The van der Waals surface area contributed by atoms with Crippen LogP contribution in [0.3, 0.4) is 0 Å². The van der Waals surface area contributed by atoms with Gasteiger partial charge in [0.05, 0.1) is 18.7 Å². The van der Waals surface area contributed by atoms with E-state index in [1.807, 2.05) is 13.8 Å². The molecule has 5 heteroatoms. The standard InChI is InChI=1S/C14H18ClNO3/c1-4-16-13(17)7-6-10-8-11(15)14(18-3)12(9-10)19-5-2/h6-9H,4-5H2,1-3H3,(H,16,17)/b7-6+. The lowest BCUT2D eigenvalue weighted by atomic mass is 10.2. The highest BCUT2D eigenvalue weighted by molar-refractivity contribution is 6.32. The average molecular weight is 284 g/mol. The van der Waals surface area contributed by atoms with Gasteiger partial charge in [0.1, 0.15) is 0 Å². The number of carbonyl (C=O) groups is 1. The highest BCUT2D eigenvalue weighted by Crippen LogP contribution is 2.36. The minimum Gasteiger partial charge on any atom is -0.491 e. The zero-order chi connectivity index (χ0) is 14.3. The first-order valence-electron chi connectivity index (χ1n) is 6.08. The molecule has 0 aromatic heterocycles. The van der Waals surface area contributed by atoms with Crippen molar-refractivity contribution in [3.05, 3.63) is 28.8 Å². The van der Waals surface area contributed by atoms with Crippen LogP contribution in [0.15, 0.2) is 18.2 Å². The van der Waals surface area contributed by atoms with Crippen molar-refractivity contribution in [3.8, 4) is 11.5 Å². The van der Waals surface area contributed by atoms with E-state index in [2.05, 4.69) is 5.32 Å². The van der Waals surface area contributed by atoms with Crippen LogP contribution in [-0.4, -0.2) is 26.2 Å². The maximum atomic E-state index is 11.3. The molecule has 1 aromatic carbocycles. The van der Waals surface area contributed by atoms with E-state index in [-0.39, 0.29) is 5.91 Å². The Kier molecular flexibility index (Phi) is 6.22. The minimum atomic E-state index is -0.146. The Hall–Kier alpha value is -1.68. The van der Waals surface area contributed by atoms with Gasteiger partial charge in [-0.15, -0.1) is 0 Å². The fourth-order valence-electron chi connectivity index (χ4n) is 1.55. The number of ether oxygens (including phenoxy) is 2. The number of halogens is 1. The van der Waals surface area contributed by atoms with Crippen molar-refractivity contribution < 1.29 is 14.3 Å². The first-order valence-corrected chi connectivity index (χ1v) is 6.46.